The van der Waals surface area contributed by atoms with Crippen molar-refractivity contribution in [3.8, 4) is 5.75 Å². The quantitative estimate of drug-likeness (QED) is 0.274. The first-order valence-corrected chi connectivity index (χ1v) is 10.0. The lowest BCUT2D eigenvalue weighted by Gasteiger charge is -2.08. The molecule has 0 unspecified atom stereocenters. The highest BCUT2D eigenvalue weighted by Gasteiger charge is 2.11. The fourth-order valence-corrected chi connectivity index (χ4v) is 2.87. The summed E-state index contributed by atoms with van der Waals surface area (Å²) in [5, 5.41) is 20.9. The van der Waals surface area contributed by atoms with Crippen LogP contribution in [0.25, 0.3) is 0 Å². The molecule has 1 aromatic carbocycles. The topological polar surface area (TPSA) is 95.9 Å². The Kier molecular flexibility index (Phi) is 11.7. The van der Waals surface area contributed by atoms with Crippen LogP contribution in [0.15, 0.2) is 18.2 Å². The predicted molar refractivity (Wildman–Crippen MR) is 106 cm³/mol. The van der Waals surface area contributed by atoms with Crippen molar-refractivity contribution >= 4 is 17.7 Å². The number of ether oxygens (including phenoxy) is 1. The molecule has 6 nitrogen and oxygen atoms in total. The minimum atomic E-state index is -1.26. The van der Waals surface area contributed by atoms with Crippen LogP contribution < -0.4 is 5.32 Å². The van der Waals surface area contributed by atoms with Crippen molar-refractivity contribution in [2.24, 2.45) is 0 Å². The average Bonchev–Trinajstić information content (AvgIpc) is 2.64. The van der Waals surface area contributed by atoms with Crippen LogP contribution in [0.4, 0.5) is 10.5 Å². The van der Waals surface area contributed by atoms with Crippen molar-refractivity contribution in [2.75, 3.05) is 11.9 Å². The number of carbonyl (C=O) groups excluding carboxylic acids is 1. The molecular weight excluding hydrogens is 346 g/mol. The molecule has 6 heteroatoms. The van der Waals surface area contributed by atoms with Crippen molar-refractivity contribution in [1.82, 2.24) is 0 Å². The van der Waals surface area contributed by atoms with Crippen molar-refractivity contribution in [3.05, 3.63) is 23.8 Å². The van der Waals surface area contributed by atoms with Crippen molar-refractivity contribution in [2.45, 2.75) is 77.6 Å². The lowest BCUT2D eigenvalue weighted by Crippen LogP contribution is -2.14. The molecule has 1 rings (SSSR count). The first-order chi connectivity index (χ1) is 13.0. The van der Waals surface area contributed by atoms with E-state index < -0.39 is 12.1 Å². The Bertz CT molecular complexity index is 574. The van der Waals surface area contributed by atoms with Gasteiger partial charge in [0.2, 0.25) is 0 Å². The minimum Gasteiger partial charge on any atom is -0.507 e. The summed E-state index contributed by atoms with van der Waals surface area (Å²) in [7, 11) is 0. The standard InChI is InChI=1S/C21H33NO5/c1-2-3-4-5-6-7-8-9-10-11-12-15-27-21(26)22-17-13-14-19(23)18(16-17)20(24)25/h13-14,16,23H,2-12,15H2,1H3,(H,22,26)(H,24,25). The monoisotopic (exact) mass is 379 g/mol. The molecule has 0 aliphatic carbocycles. The molecule has 0 heterocycles. The van der Waals surface area contributed by atoms with E-state index in [-0.39, 0.29) is 17.0 Å². The fourth-order valence-electron chi connectivity index (χ4n) is 2.87. The molecule has 27 heavy (non-hydrogen) atoms. The van der Waals surface area contributed by atoms with Gasteiger partial charge in [0.05, 0.1) is 6.61 Å². The molecule has 0 fully saturated rings. The van der Waals surface area contributed by atoms with E-state index in [1.54, 1.807) is 0 Å². The van der Waals surface area contributed by atoms with Gasteiger partial charge in [-0.05, 0) is 24.6 Å². The predicted octanol–water partition coefficient (Wildman–Crippen LogP) is 5.95. The minimum absolute atomic E-state index is 0.266. The number of amides is 1. The van der Waals surface area contributed by atoms with Crippen molar-refractivity contribution in [3.63, 3.8) is 0 Å². The van der Waals surface area contributed by atoms with Gasteiger partial charge in [0.15, 0.2) is 0 Å². The number of carboxylic acids is 1. The maximum atomic E-state index is 11.7. The normalized spacial score (nSPS) is 10.6. The van der Waals surface area contributed by atoms with Gasteiger partial charge in [-0.25, -0.2) is 9.59 Å². The highest BCUT2D eigenvalue weighted by atomic mass is 16.5. The van der Waals surface area contributed by atoms with Crippen LogP contribution in [0.1, 0.15) is 87.9 Å². The van der Waals surface area contributed by atoms with Crippen LogP contribution in [0.2, 0.25) is 0 Å². The molecule has 0 spiro atoms. The number of phenols is 1. The summed E-state index contributed by atoms with van der Waals surface area (Å²) in [4.78, 5) is 22.7. The van der Waals surface area contributed by atoms with Gasteiger partial charge in [0.1, 0.15) is 11.3 Å². The van der Waals surface area contributed by atoms with E-state index in [1.807, 2.05) is 0 Å². The molecular formula is C21H33NO5. The zero-order chi connectivity index (χ0) is 19.9. The summed E-state index contributed by atoms with van der Waals surface area (Å²) in [6, 6.07) is 3.84. The zero-order valence-corrected chi connectivity index (χ0v) is 16.3. The van der Waals surface area contributed by atoms with Gasteiger partial charge in [0, 0.05) is 5.69 Å². The number of aromatic carboxylic acids is 1. The number of carbonyl (C=O) groups is 2. The Morgan fingerprint density at radius 2 is 1.48 bits per heavy atom. The molecule has 1 aromatic rings. The van der Waals surface area contributed by atoms with Gasteiger partial charge >= 0.3 is 12.1 Å². The van der Waals surface area contributed by atoms with E-state index in [0.717, 1.165) is 19.3 Å². The summed E-state index contributed by atoms with van der Waals surface area (Å²) in [6.07, 6.45) is 12.9. The average molecular weight is 379 g/mol. The maximum absolute atomic E-state index is 11.7. The van der Waals surface area contributed by atoms with Crippen LogP contribution in [0, 0.1) is 0 Å². The third-order valence-corrected chi connectivity index (χ3v) is 4.45. The molecule has 0 aliphatic rings. The zero-order valence-electron chi connectivity index (χ0n) is 16.3. The van der Waals surface area contributed by atoms with Gasteiger partial charge in [-0.1, -0.05) is 71.1 Å². The molecule has 0 aromatic heterocycles. The number of aromatic hydroxyl groups is 1. The Morgan fingerprint density at radius 3 is 2.04 bits per heavy atom. The highest BCUT2D eigenvalue weighted by Crippen LogP contribution is 2.21. The van der Waals surface area contributed by atoms with E-state index in [2.05, 4.69) is 12.2 Å². The number of hydrogen-bond donors (Lipinski definition) is 3. The first-order valence-electron chi connectivity index (χ1n) is 10.0. The summed E-state index contributed by atoms with van der Waals surface area (Å²) >= 11 is 0. The number of benzene rings is 1. The first kappa shape index (κ1) is 22.8. The van der Waals surface area contributed by atoms with Crippen LogP contribution in [0.5, 0.6) is 5.75 Å². The number of carboxylic acid groups (broad SMARTS) is 1. The van der Waals surface area contributed by atoms with Gasteiger partial charge < -0.3 is 14.9 Å². The Balaban J connectivity index is 2.05. The smallest absolute Gasteiger partial charge is 0.411 e. The van der Waals surface area contributed by atoms with Gasteiger partial charge in [-0.3, -0.25) is 5.32 Å². The summed E-state index contributed by atoms with van der Waals surface area (Å²) in [5.41, 5.74) is 0.00676. The Labute approximate surface area is 161 Å². The van der Waals surface area contributed by atoms with E-state index in [9.17, 15) is 14.7 Å². The Hall–Kier alpha value is -2.24. The molecule has 3 N–H and O–H groups in total. The van der Waals surface area contributed by atoms with Crippen molar-refractivity contribution < 1.29 is 24.5 Å². The number of hydrogen-bond acceptors (Lipinski definition) is 4. The second kappa shape index (κ2) is 13.9. The van der Waals surface area contributed by atoms with Crippen molar-refractivity contribution in [1.29, 1.82) is 0 Å². The summed E-state index contributed by atoms with van der Waals surface area (Å²) in [5.74, 6) is -1.60. The lowest BCUT2D eigenvalue weighted by atomic mass is 10.1. The number of anilines is 1. The van der Waals surface area contributed by atoms with Crippen LogP contribution in [-0.2, 0) is 4.74 Å². The van der Waals surface area contributed by atoms with Crippen LogP contribution in [-0.4, -0.2) is 28.9 Å². The molecule has 0 aliphatic heterocycles. The molecule has 0 atom stereocenters. The Morgan fingerprint density at radius 1 is 0.926 bits per heavy atom. The van der Waals surface area contributed by atoms with Gasteiger partial charge in [-0.2, -0.15) is 0 Å². The third kappa shape index (κ3) is 10.5. The lowest BCUT2D eigenvalue weighted by molar-refractivity contribution is 0.0693. The summed E-state index contributed by atoms with van der Waals surface area (Å²) < 4.78 is 5.10. The second-order valence-corrected chi connectivity index (χ2v) is 6.83. The number of rotatable bonds is 14. The molecule has 1 amide bonds. The van der Waals surface area contributed by atoms with Crippen LogP contribution >= 0.6 is 0 Å². The van der Waals surface area contributed by atoms with Gasteiger partial charge in [0.25, 0.3) is 0 Å². The van der Waals surface area contributed by atoms with E-state index in [4.69, 9.17) is 9.84 Å². The largest absolute Gasteiger partial charge is 0.507 e. The second-order valence-electron chi connectivity index (χ2n) is 6.83. The molecule has 0 radical (unpaired) electrons. The number of nitrogens with one attached hydrogen (secondary N) is 1. The van der Waals surface area contributed by atoms with E-state index >= 15 is 0 Å². The fraction of sp³-hybridized carbons (Fsp3) is 0.619. The SMILES string of the molecule is CCCCCCCCCCCCCOC(=O)Nc1ccc(O)c(C(=O)O)c1. The van der Waals surface area contributed by atoms with E-state index in [0.29, 0.717) is 6.61 Å². The molecule has 152 valence electrons. The molecule has 0 saturated heterocycles. The molecule has 0 bridgehead atoms. The van der Waals surface area contributed by atoms with E-state index in [1.165, 1.54) is 69.6 Å². The van der Waals surface area contributed by atoms with Crippen LogP contribution in [0.3, 0.4) is 0 Å². The number of unbranched alkanes of at least 4 members (excludes halogenated alkanes) is 10. The maximum Gasteiger partial charge on any atom is 0.411 e. The molecule has 0 saturated carbocycles. The van der Waals surface area contributed by atoms with Gasteiger partial charge in [-0.15, -0.1) is 0 Å². The summed E-state index contributed by atoms with van der Waals surface area (Å²) in [6.45, 7) is 2.57. The third-order valence-electron chi connectivity index (χ3n) is 4.45. The highest BCUT2D eigenvalue weighted by molar-refractivity contribution is 5.93.